The van der Waals surface area contributed by atoms with Crippen LogP contribution in [0.3, 0.4) is 0 Å². The molecule has 1 aliphatic heterocycles. The Morgan fingerprint density at radius 3 is 2.43 bits per heavy atom. The van der Waals surface area contributed by atoms with Crippen molar-refractivity contribution in [3.05, 3.63) is 64.7 Å². The Balaban J connectivity index is 1.19. The Morgan fingerprint density at radius 1 is 0.914 bits per heavy atom. The van der Waals surface area contributed by atoms with Crippen LogP contribution in [0.2, 0.25) is 0 Å². The van der Waals surface area contributed by atoms with E-state index >= 15 is 0 Å². The zero-order valence-electron chi connectivity index (χ0n) is 21.7. The van der Waals surface area contributed by atoms with Crippen molar-refractivity contribution in [2.75, 3.05) is 25.0 Å². The zero-order chi connectivity index (χ0) is 24.6. The summed E-state index contributed by atoms with van der Waals surface area (Å²) in [6, 6.07) is 14.5. The van der Waals surface area contributed by atoms with E-state index < -0.39 is 0 Å². The molecule has 4 nitrogen and oxygen atoms in total. The second-order valence-corrected chi connectivity index (χ2v) is 10.8. The highest BCUT2D eigenvalue weighted by molar-refractivity contribution is 5.96. The van der Waals surface area contributed by atoms with Gasteiger partial charge in [-0.25, -0.2) is 0 Å². The normalized spacial score (nSPS) is 17.9. The number of carbonyl (C=O) groups excluding carboxylic acids is 2. The molecule has 2 aliphatic rings. The van der Waals surface area contributed by atoms with Crippen molar-refractivity contribution in [3.63, 3.8) is 0 Å². The molecular formula is C31H42N2O2. The van der Waals surface area contributed by atoms with Crippen molar-refractivity contribution < 1.29 is 9.59 Å². The quantitative estimate of drug-likeness (QED) is 0.396. The molecular weight excluding hydrogens is 432 g/mol. The minimum absolute atomic E-state index is 0.166. The van der Waals surface area contributed by atoms with Crippen LogP contribution in [0.4, 0.5) is 5.69 Å². The molecule has 1 heterocycles. The van der Waals surface area contributed by atoms with Crippen molar-refractivity contribution in [2.45, 2.75) is 84.0 Å². The van der Waals surface area contributed by atoms with E-state index in [0.29, 0.717) is 24.7 Å². The van der Waals surface area contributed by atoms with Gasteiger partial charge in [-0.05, 0) is 112 Å². The standard InChI is InChI=1S/C31H42N2O2/c1-23-13-14-28(20-24(23)2)30(34)12-7-17-33-18-15-26(16-19-33)27-10-6-11-29(22-27)32-31(35)21-25-8-4-3-5-9-25/h6,10-11,13-14,20,22,25-26H,3-5,7-9,12,15-19,21H2,1-2H3,(H,32,35). The molecule has 2 aromatic carbocycles. The summed E-state index contributed by atoms with van der Waals surface area (Å²) < 4.78 is 0. The van der Waals surface area contributed by atoms with Gasteiger partial charge in [0.25, 0.3) is 0 Å². The first-order valence-corrected chi connectivity index (χ1v) is 13.7. The molecule has 1 N–H and O–H groups in total. The molecule has 0 radical (unpaired) electrons. The molecule has 0 aromatic heterocycles. The lowest BCUT2D eigenvalue weighted by molar-refractivity contribution is -0.117. The molecule has 0 spiro atoms. The molecule has 2 aromatic rings. The van der Waals surface area contributed by atoms with Crippen LogP contribution in [0.25, 0.3) is 0 Å². The average Bonchev–Trinajstić information content (AvgIpc) is 2.87. The van der Waals surface area contributed by atoms with Crippen LogP contribution in [0, 0.1) is 19.8 Å². The molecule has 1 saturated heterocycles. The SMILES string of the molecule is Cc1ccc(C(=O)CCCN2CCC(c3cccc(NC(=O)CC4CCCCC4)c3)CC2)cc1C. The number of ketones is 1. The minimum atomic E-state index is 0.166. The molecule has 0 bridgehead atoms. The number of amides is 1. The summed E-state index contributed by atoms with van der Waals surface area (Å²) >= 11 is 0. The van der Waals surface area contributed by atoms with Gasteiger partial charge in [0.15, 0.2) is 5.78 Å². The van der Waals surface area contributed by atoms with Crippen LogP contribution in [-0.4, -0.2) is 36.2 Å². The van der Waals surface area contributed by atoms with E-state index in [2.05, 4.69) is 42.3 Å². The van der Waals surface area contributed by atoms with Gasteiger partial charge in [0, 0.05) is 24.1 Å². The Bertz CT molecular complexity index is 1000. The fraction of sp³-hybridized carbons (Fsp3) is 0.548. The van der Waals surface area contributed by atoms with Crippen molar-refractivity contribution in [1.29, 1.82) is 0 Å². The maximum absolute atomic E-state index is 12.6. The molecule has 1 saturated carbocycles. The molecule has 4 rings (SSSR count). The fourth-order valence-electron chi connectivity index (χ4n) is 5.75. The Hall–Kier alpha value is -2.46. The number of Topliss-reactive ketones (excluding diaryl/α,β-unsaturated/α-hetero) is 1. The number of hydrogen-bond acceptors (Lipinski definition) is 3. The van der Waals surface area contributed by atoms with Crippen LogP contribution in [-0.2, 0) is 4.79 Å². The van der Waals surface area contributed by atoms with E-state index in [-0.39, 0.29) is 11.7 Å². The van der Waals surface area contributed by atoms with Crippen LogP contribution >= 0.6 is 0 Å². The number of carbonyl (C=O) groups is 2. The molecule has 1 aliphatic carbocycles. The summed E-state index contributed by atoms with van der Waals surface area (Å²) in [7, 11) is 0. The maximum atomic E-state index is 12.6. The number of likely N-dealkylation sites (tertiary alicyclic amines) is 1. The molecule has 1 amide bonds. The molecule has 0 unspecified atom stereocenters. The summed E-state index contributed by atoms with van der Waals surface area (Å²) in [5.41, 5.74) is 5.54. The van der Waals surface area contributed by atoms with Crippen LogP contribution in [0.5, 0.6) is 0 Å². The summed E-state index contributed by atoms with van der Waals surface area (Å²) in [6.07, 6.45) is 10.7. The van der Waals surface area contributed by atoms with E-state index in [1.807, 2.05) is 24.3 Å². The van der Waals surface area contributed by atoms with E-state index in [4.69, 9.17) is 0 Å². The average molecular weight is 475 g/mol. The fourth-order valence-corrected chi connectivity index (χ4v) is 5.75. The van der Waals surface area contributed by atoms with Gasteiger partial charge in [-0.3, -0.25) is 9.59 Å². The van der Waals surface area contributed by atoms with Gasteiger partial charge < -0.3 is 10.2 Å². The third-order valence-electron chi connectivity index (χ3n) is 8.14. The Labute approximate surface area is 211 Å². The highest BCUT2D eigenvalue weighted by Gasteiger charge is 2.22. The van der Waals surface area contributed by atoms with Crippen molar-refractivity contribution in [1.82, 2.24) is 4.90 Å². The van der Waals surface area contributed by atoms with E-state index in [1.54, 1.807) is 0 Å². The van der Waals surface area contributed by atoms with Crippen LogP contribution < -0.4 is 5.32 Å². The second-order valence-electron chi connectivity index (χ2n) is 10.8. The largest absolute Gasteiger partial charge is 0.326 e. The predicted molar refractivity (Wildman–Crippen MR) is 144 cm³/mol. The van der Waals surface area contributed by atoms with Gasteiger partial charge in [-0.15, -0.1) is 0 Å². The number of nitrogens with one attached hydrogen (secondary N) is 1. The zero-order valence-corrected chi connectivity index (χ0v) is 21.7. The lowest BCUT2D eigenvalue weighted by Gasteiger charge is -2.32. The van der Waals surface area contributed by atoms with Crippen LogP contribution in [0.15, 0.2) is 42.5 Å². The lowest BCUT2D eigenvalue weighted by atomic mass is 9.87. The minimum Gasteiger partial charge on any atom is -0.326 e. The number of hydrogen-bond donors (Lipinski definition) is 1. The Morgan fingerprint density at radius 2 is 1.69 bits per heavy atom. The second kappa shape index (κ2) is 12.5. The van der Waals surface area contributed by atoms with E-state index in [0.717, 1.165) is 50.1 Å². The monoisotopic (exact) mass is 474 g/mol. The highest BCUT2D eigenvalue weighted by atomic mass is 16.1. The number of benzene rings is 2. The van der Waals surface area contributed by atoms with E-state index in [9.17, 15) is 9.59 Å². The van der Waals surface area contributed by atoms with Gasteiger partial charge in [0.05, 0.1) is 0 Å². The predicted octanol–water partition coefficient (Wildman–Crippen LogP) is 7.05. The van der Waals surface area contributed by atoms with Crippen molar-refractivity contribution in [2.24, 2.45) is 5.92 Å². The lowest BCUT2D eigenvalue weighted by Crippen LogP contribution is -2.33. The third kappa shape index (κ3) is 7.51. The number of rotatable bonds is 9. The number of piperidine rings is 1. The molecule has 0 atom stereocenters. The Kier molecular flexibility index (Phi) is 9.14. The summed E-state index contributed by atoms with van der Waals surface area (Å²) in [4.78, 5) is 27.6. The van der Waals surface area contributed by atoms with Crippen molar-refractivity contribution in [3.8, 4) is 0 Å². The van der Waals surface area contributed by atoms with Gasteiger partial charge in [0.1, 0.15) is 0 Å². The van der Waals surface area contributed by atoms with Crippen LogP contribution in [0.1, 0.15) is 97.2 Å². The van der Waals surface area contributed by atoms with Gasteiger partial charge >= 0.3 is 0 Å². The summed E-state index contributed by atoms with van der Waals surface area (Å²) in [6.45, 7) is 7.27. The number of aryl methyl sites for hydroxylation is 2. The van der Waals surface area contributed by atoms with E-state index in [1.165, 1.54) is 48.8 Å². The van der Waals surface area contributed by atoms with Gasteiger partial charge in [-0.2, -0.15) is 0 Å². The maximum Gasteiger partial charge on any atom is 0.224 e. The number of nitrogens with zero attached hydrogens (tertiary/aromatic N) is 1. The first-order valence-electron chi connectivity index (χ1n) is 13.7. The van der Waals surface area contributed by atoms with Crippen molar-refractivity contribution >= 4 is 17.4 Å². The number of anilines is 1. The molecule has 2 fully saturated rings. The molecule has 35 heavy (non-hydrogen) atoms. The summed E-state index contributed by atoms with van der Waals surface area (Å²) in [5.74, 6) is 1.52. The first kappa shape index (κ1) is 25.6. The van der Waals surface area contributed by atoms with Gasteiger partial charge in [-0.1, -0.05) is 43.5 Å². The topological polar surface area (TPSA) is 49.4 Å². The third-order valence-corrected chi connectivity index (χ3v) is 8.14. The molecule has 188 valence electrons. The van der Waals surface area contributed by atoms with Gasteiger partial charge in [0.2, 0.25) is 5.91 Å². The first-order chi connectivity index (χ1) is 17.0. The summed E-state index contributed by atoms with van der Waals surface area (Å²) in [5, 5.41) is 3.15. The smallest absolute Gasteiger partial charge is 0.224 e. The highest BCUT2D eigenvalue weighted by Crippen LogP contribution is 2.30. The molecule has 4 heteroatoms.